The maximum absolute atomic E-state index is 14.7. The topological polar surface area (TPSA) is 188 Å². The van der Waals surface area contributed by atoms with E-state index < -0.39 is 40.7 Å². The number of carbonyl (C=O) groups excluding carboxylic acids is 4. The molecular formula is C48H56ClFN8O6S2. The van der Waals surface area contributed by atoms with Crippen LogP contribution in [0.3, 0.4) is 0 Å². The van der Waals surface area contributed by atoms with Crippen molar-refractivity contribution in [1.82, 2.24) is 35.8 Å². The number of rotatable bonds is 17. The van der Waals surface area contributed by atoms with Gasteiger partial charge in [0, 0.05) is 56.2 Å². The second-order valence-corrected chi connectivity index (χ2v) is 20.3. The van der Waals surface area contributed by atoms with E-state index in [-0.39, 0.29) is 67.1 Å². The SMILES string of the molecule is Cc1ncsc1-c1ccc(CNC(=O)[C@@H]2C[C@@H](O)CN2C(=O)[C@@H](NC(=O)CCCNC(=O)C2(Cc3cccc(Nc4nccs4)n3)CCC(Oc3cccc(Cl)c3F)CC2)C(C)(C)C)cc1. The quantitative estimate of drug-likeness (QED) is 0.0577. The number of nitrogens with zero attached hydrogens (tertiary/aromatic N) is 4. The van der Waals surface area contributed by atoms with Crippen molar-refractivity contribution in [1.29, 1.82) is 0 Å². The van der Waals surface area contributed by atoms with Gasteiger partial charge in [0.1, 0.15) is 17.9 Å². The Morgan fingerprint density at radius 2 is 1.77 bits per heavy atom. The van der Waals surface area contributed by atoms with Gasteiger partial charge in [-0.3, -0.25) is 19.2 Å². The maximum Gasteiger partial charge on any atom is 0.246 e. The molecule has 2 fully saturated rings. The van der Waals surface area contributed by atoms with Gasteiger partial charge in [-0.25, -0.2) is 19.3 Å². The number of halogens is 2. The molecule has 3 aromatic heterocycles. The minimum Gasteiger partial charge on any atom is -0.487 e. The van der Waals surface area contributed by atoms with E-state index in [0.717, 1.165) is 21.7 Å². The zero-order valence-electron chi connectivity index (χ0n) is 37.4. The molecule has 2 aromatic carbocycles. The number of hydrogen-bond donors (Lipinski definition) is 5. The van der Waals surface area contributed by atoms with Crippen LogP contribution in [0.15, 0.2) is 77.8 Å². The van der Waals surface area contributed by atoms with Crippen molar-refractivity contribution in [3.8, 4) is 16.2 Å². The number of aliphatic hydroxyl groups is 1. The summed E-state index contributed by atoms with van der Waals surface area (Å²) in [6, 6.07) is 16.2. The lowest BCUT2D eigenvalue weighted by Crippen LogP contribution is -2.57. The normalized spacial score (nSPS) is 20.0. The molecule has 0 spiro atoms. The Balaban J connectivity index is 0.943. The standard InChI is InChI=1S/C48H56ClFN8O6S2/c1-29-41(66-28-54-29)31-15-13-30(14-16-31)26-53-43(61)36-24-33(59)27-58(36)44(62)42(47(2,3)4)57-39(60)12-7-21-51-45(63)48(25-32-8-5-11-38(55-32)56-46-52-22-23-65-46)19-17-34(18-20-48)64-37-10-6-9-35(49)40(37)50/h5-6,8-11,13-16,22-23,28,33-34,36,42,59H,7,12,17-21,24-27H2,1-4H3,(H,51,63)(H,53,61)(H,57,60)(H,52,55,56)/t33-,34?,36+,42-,48?/m1/s1. The first-order valence-corrected chi connectivity index (χ1v) is 24.3. The number of carbonyl (C=O) groups is 4. The van der Waals surface area contributed by atoms with E-state index in [1.54, 1.807) is 29.1 Å². The minimum atomic E-state index is -0.989. The van der Waals surface area contributed by atoms with Crippen molar-refractivity contribution in [3.05, 3.63) is 106 Å². The summed E-state index contributed by atoms with van der Waals surface area (Å²) in [6.07, 6.45) is 3.06. The Labute approximate surface area is 397 Å². The Hall–Kier alpha value is -5.49. The molecule has 0 radical (unpaired) electrons. The molecule has 0 unspecified atom stereocenters. The number of aryl methyl sites for hydroxylation is 1. The second-order valence-electron chi connectivity index (χ2n) is 18.1. The summed E-state index contributed by atoms with van der Waals surface area (Å²) in [5.74, 6) is -1.36. The van der Waals surface area contributed by atoms with Gasteiger partial charge in [0.15, 0.2) is 16.7 Å². The summed E-state index contributed by atoms with van der Waals surface area (Å²) < 4.78 is 20.8. The number of aliphatic hydroxyl groups excluding tert-OH is 1. The number of nitrogens with one attached hydrogen (secondary N) is 4. The van der Waals surface area contributed by atoms with Crippen molar-refractivity contribution in [2.24, 2.45) is 10.8 Å². The minimum absolute atomic E-state index is 0.0220. The predicted molar refractivity (Wildman–Crippen MR) is 254 cm³/mol. The number of β-amino-alcohol motifs (C(OH)–C–C–N with tert-alkyl or cyclic N) is 1. The van der Waals surface area contributed by atoms with Gasteiger partial charge in [0.25, 0.3) is 0 Å². The van der Waals surface area contributed by atoms with Gasteiger partial charge in [0.2, 0.25) is 23.6 Å². The Morgan fingerprint density at radius 1 is 1.02 bits per heavy atom. The number of aromatic nitrogens is 3. The van der Waals surface area contributed by atoms with Gasteiger partial charge in [0.05, 0.1) is 38.7 Å². The third kappa shape index (κ3) is 12.1. The van der Waals surface area contributed by atoms with Gasteiger partial charge in [-0.15, -0.1) is 22.7 Å². The van der Waals surface area contributed by atoms with Gasteiger partial charge < -0.3 is 36.0 Å². The van der Waals surface area contributed by atoms with Gasteiger partial charge in [-0.05, 0) is 79.8 Å². The fourth-order valence-electron chi connectivity index (χ4n) is 8.54. The third-order valence-electron chi connectivity index (χ3n) is 12.2. The Bertz CT molecular complexity index is 2470. The fourth-order valence-corrected chi connectivity index (χ4v) is 10.1. The van der Waals surface area contributed by atoms with Crippen molar-refractivity contribution in [2.45, 2.75) is 110 Å². The van der Waals surface area contributed by atoms with E-state index in [9.17, 15) is 28.7 Å². The molecule has 4 heterocycles. The first-order chi connectivity index (χ1) is 31.6. The number of anilines is 2. The average Bonchev–Trinajstić information content (AvgIpc) is 4.07. The lowest BCUT2D eigenvalue weighted by Gasteiger charge is -2.39. The second kappa shape index (κ2) is 21.4. The van der Waals surface area contributed by atoms with Gasteiger partial charge in [-0.2, -0.15) is 0 Å². The Kier molecular flexibility index (Phi) is 15.7. The van der Waals surface area contributed by atoms with Crippen molar-refractivity contribution in [2.75, 3.05) is 18.4 Å². The number of ether oxygens (including phenoxy) is 1. The highest BCUT2D eigenvalue weighted by molar-refractivity contribution is 7.13. The van der Waals surface area contributed by atoms with Crippen LogP contribution >= 0.6 is 34.3 Å². The van der Waals surface area contributed by atoms with Crippen LogP contribution in [0.5, 0.6) is 5.75 Å². The maximum atomic E-state index is 14.7. The number of benzene rings is 2. The molecule has 2 aliphatic rings. The number of thiazole rings is 2. The largest absolute Gasteiger partial charge is 0.487 e. The predicted octanol–water partition coefficient (Wildman–Crippen LogP) is 7.76. The van der Waals surface area contributed by atoms with Crippen LogP contribution < -0.4 is 26.0 Å². The molecule has 1 saturated carbocycles. The van der Waals surface area contributed by atoms with Crippen LogP contribution in [-0.4, -0.2) is 86.0 Å². The summed E-state index contributed by atoms with van der Waals surface area (Å²) in [4.78, 5) is 71.3. The molecule has 18 heteroatoms. The summed E-state index contributed by atoms with van der Waals surface area (Å²) in [6.45, 7) is 7.86. The van der Waals surface area contributed by atoms with E-state index in [4.69, 9.17) is 21.3 Å². The molecule has 0 bridgehead atoms. The van der Waals surface area contributed by atoms with E-state index >= 15 is 0 Å². The molecule has 7 rings (SSSR count). The highest BCUT2D eigenvalue weighted by Crippen LogP contribution is 2.41. The van der Waals surface area contributed by atoms with Crippen LogP contribution in [0.1, 0.15) is 82.7 Å². The fraction of sp³-hybridized carbons (Fsp3) is 0.438. The molecule has 1 aliphatic heterocycles. The van der Waals surface area contributed by atoms with Crippen molar-refractivity contribution >= 4 is 68.9 Å². The lowest BCUT2D eigenvalue weighted by molar-refractivity contribution is -0.144. The highest BCUT2D eigenvalue weighted by atomic mass is 35.5. The molecule has 1 saturated heterocycles. The molecule has 3 atom stereocenters. The zero-order chi connectivity index (χ0) is 47.0. The van der Waals surface area contributed by atoms with Gasteiger partial charge in [-0.1, -0.05) is 68.8 Å². The Morgan fingerprint density at radius 3 is 2.47 bits per heavy atom. The summed E-state index contributed by atoms with van der Waals surface area (Å²) >= 11 is 9.02. The molecule has 5 aromatic rings. The molecular weight excluding hydrogens is 903 g/mol. The van der Waals surface area contributed by atoms with Gasteiger partial charge >= 0.3 is 0 Å². The smallest absolute Gasteiger partial charge is 0.246 e. The van der Waals surface area contributed by atoms with Crippen molar-refractivity contribution < 1.29 is 33.4 Å². The first kappa shape index (κ1) is 48.4. The molecule has 350 valence electrons. The number of hydrogen-bond acceptors (Lipinski definition) is 12. The summed E-state index contributed by atoms with van der Waals surface area (Å²) in [5, 5.41) is 25.3. The molecule has 14 nitrogen and oxygen atoms in total. The summed E-state index contributed by atoms with van der Waals surface area (Å²) in [5.41, 5.74) is 3.79. The van der Waals surface area contributed by atoms with Crippen LogP contribution in [0.2, 0.25) is 5.02 Å². The molecule has 1 aliphatic carbocycles. The molecule has 66 heavy (non-hydrogen) atoms. The number of amides is 4. The number of likely N-dealkylation sites (tertiary alicyclic amines) is 1. The van der Waals surface area contributed by atoms with Crippen LogP contribution in [-0.2, 0) is 32.1 Å². The lowest BCUT2D eigenvalue weighted by atomic mass is 9.69. The first-order valence-electron chi connectivity index (χ1n) is 22.1. The van der Waals surface area contributed by atoms with E-state index in [2.05, 4.69) is 31.2 Å². The monoisotopic (exact) mass is 958 g/mol. The van der Waals surface area contributed by atoms with E-state index in [0.29, 0.717) is 55.2 Å². The van der Waals surface area contributed by atoms with Crippen molar-refractivity contribution in [3.63, 3.8) is 0 Å². The number of pyridine rings is 1. The zero-order valence-corrected chi connectivity index (χ0v) is 39.8. The summed E-state index contributed by atoms with van der Waals surface area (Å²) in [7, 11) is 0. The highest BCUT2D eigenvalue weighted by Gasteiger charge is 2.45. The molecule has 4 amide bonds. The van der Waals surface area contributed by atoms with Crippen LogP contribution in [0.4, 0.5) is 15.3 Å². The van der Waals surface area contributed by atoms with E-state index in [1.165, 1.54) is 28.4 Å². The average molecular weight is 960 g/mol. The van der Waals surface area contributed by atoms with E-state index in [1.807, 2.05) is 75.5 Å². The van der Waals surface area contributed by atoms with Crippen LogP contribution in [0.25, 0.3) is 10.4 Å². The molecule has 5 N–H and O–H groups in total. The third-order valence-corrected chi connectivity index (χ3v) is 14.1. The van der Waals surface area contributed by atoms with Crippen LogP contribution in [0, 0.1) is 23.6 Å².